The first-order chi connectivity index (χ1) is 18.5. The number of nitrogens with zero attached hydrogens (tertiary/aromatic N) is 2. The number of hydrogen-bond acceptors (Lipinski definition) is 4. The van der Waals surface area contributed by atoms with Crippen molar-refractivity contribution in [2.45, 2.75) is 52.2 Å². The van der Waals surface area contributed by atoms with E-state index in [0.29, 0.717) is 10.7 Å². The van der Waals surface area contributed by atoms with Crippen molar-refractivity contribution >= 4 is 39.1 Å². The highest BCUT2D eigenvalue weighted by atomic mass is 35.5. The third-order valence-electron chi connectivity index (χ3n) is 6.67. The Bertz CT molecular complexity index is 1360. The van der Waals surface area contributed by atoms with Gasteiger partial charge in [-0.15, -0.1) is 0 Å². The number of anilines is 1. The molecule has 0 aromatic heterocycles. The highest BCUT2D eigenvalue weighted by molar-refractivity contribution is 7.92. The minimum absolute atomic E-state index is 0.0900. The van der Waals surface area contributed by atoms with Crippen LogP contribution in [-0.4, -0.2) is 50.0 Å². The summed E-state index contributed by atoms with van der Waals surface area (Å²) in [4.78, 5) is 29.2. The van der Waals surface area contributed by atoms with Crippen LogP contribution < -0.4 is 9.62 Å². The minimum atomic E-state index is -3.83. The van der Waals surface area contributed by atoms with Crippen LogP contribution in [0.5, 0.6) is 0 Å². The molecule has 3 aromatic rings. The van der Waals surface area contributed by atoms with Crippen molar-refractivity contribution in [1.29, 1.82) is 0 Å². The Morgan fingerprint density at radius 1 is 0.949 bits per heavy atom. The first kappa shape index (κ1) is 30.2. The first-order valence-corrected chi connectivity index (χ1v) is 15.1. The number of carbonyl (C=O) groups is 2. The predicted octanol–water partition coefficient (Wildman–Crippen LogP) is 4.97. The molecule has 0 saturated carbocycles. The maximum Gasteiger partial charge on any atom is 0.244 e. The number of amides is 2. The molecular weight excluding hydrogens is 534 g/mol. The largest absolute Gasteiger partial charge is 0.352 e. The summed E-state index contributed by atoms with van der Waals surface area (Å²) in [5.41, 5.74) is 3.04. The van der Waals surface area contributed by atoms with Crippen molar-refractivity contribution in [2.24, 2.45) is 0 Å². The molecule has 2 amide bonds. The fourth-order valence-corrected chi connectivity index (χ4v) is 5.16. The van der Waals surface area contributed by atoms with Crippen molar-refractivity contribution in [3.8, 4) is 0 Å². The molecule has 0 unspecified atom stereocenters. The molecule has 0 bridgehead atoms. The van der Waals surface area contributed by atoms with Gasteiger partial charge in [0.15, 0.2) is 0 Å². The van der Waals surface area contributed by atoms with Gasteiger partial charge in [0.1, 0.15) is 12.6 Å². The highest BCUT2D eigenvalue weighted by Crippen LogP contribution is 2.23. The molecule has 39 heavy (non-hydrogen) atoms. The van der Waals surface area contributed by atoms with Crippen molar-refractivity contribution in [1.82, 2.24) is 10.2 Å². The zero-order valence-electron chi connectivity index (χ0n) is 22.8. The molecule has 1 N–H and O–H groups in total. The lowest BCUT2D eigenvalue weighted by molar-refractivity contribution is -0.140. The number of carbonyl (C=O) groups excluding carboxylic acids is 2. The van der Waals surface area contributed by atoms with Gasteiger partial charge in [0, 0.05) is 24.0 Å². The second-order valence-corrected chi connectivity index (χ2v) is 12.1. The summed E-state index contributed by atoms with van der Waals surface area (Å²) >= 11 is 6.01. The lowest BCUT2D eigenvalue weighted by Crippen LogP contribution is -2.54. The zero-order valence-corrected chi connectivity index (χ0v) is 24.4. The average molecular weight is 570 g/mol. The van der Waals surface area contributed by atoms with Crippen LogP contribution >= 0.6 is 11.6 Å². The summed E-state index contributed by atoms with van der Waals surface area (Å²) in [6.45, 7) is 5.52. The number of nitrogens with one attached hydrogen (secondary N) is 1. The Labute approximate surface area is 236 Å². The summed E-state index contributed by atoms with van der Waals surface area (Å²) in [6.07, 6.45) is 2.06. The summed E-state index contributed by atoms with van der Waals surface area (Å²) in [6, 6.07) is 22.4. The van der Waals surface area contributed by atoms with Gasteiger partial charge in [0.05, 0.1) is 11.9 Å². The second kappa shape index (κ2) is 13.6. The molecule has 0 spiro atoms. The zero-order chi connectivity index (χ0) is 28.6. The molecule has 9 heteroatoms. The average Bonchev–Trinajstić information content (AvgIpc) is 2.90. The Morgan fingerprint density at radius 3 is 2.15 bits per heavy atom. The minimum Gasteiger partial charge on any atom is -0.352 e. The number of halogens is 1. The van der Waals surface area contributed by atoms with Gasteiger partial charge in [0.25, 0.3) is 0 Å². The molecule has 0 fully saturated rings. The highest BCUT2D eigenvalue weighted by Gasteiger charge is 2.33. The predicted molar refractivity (Wildman–Crippen MR) is 157 cm³/mol. The number of aryl methyl sites for hydroxylation is 1. The SMILES string of the molecule is CC[C@H](C)NC(=O)[C@@H](Cc1ccccc1)N(Cc1ccccc1C)C(=O)CN(c1ccc(Cl)cc1)S(C)(=O)=O. The quantitative estimate of drug-likeness (QED) is 0.334. The van der Waals surface area contributed by atoms with Crippen LogP contribution in [0.2, 0.25) is 5.02 Å². The van der Waals surface area contributed by atoms with Gasteiger partial charge in [-0.1, -0.05) is 73.1 Å². The third kappa shape index (κ3) is 8.57. The van der Waals surface area contributed by atoms with E-state index in [0.717, 1.165) is 33.7 Å². The van der Waals surface area contributed by atoms with Crippen molar-refractivity contribution in [2.75, 3.05) is 17.1 Å². The van der Waals surface area contributed by atoms with E-state index in [4.69, 9.17) is 11.6 Å². The van der Waals surface area contributed by atoms with Crippen LogP contribution in [0.1, 0.15) is 37.0 Å². The molecule has 208 valence electrons. The molecule has 0 aliphatic rings. The van der Waals surface area contributed by atoms with Crippen molar-refractivity contribution in [3.05, 3.63) is 101 Å². The van der Waals surface area contributed by atoms with Crippen molar-refractivity contribution < 1.29 is 18.0 Å². The summed E-state index contributed by atoms with van der Waals surface area (Å²) < 4.78 is 26.7. The van der Waals surface area contributed by atoms with Crippen LogP contribution in [0, 0.1) is 6.92 Å². The van der Waals surface area contributed by atoms with Gasteiger partial charge in [-0.3, -0.25) is 13.9 Å². The van der Waals surface area contributed by atoms with Crippen molar-refractivity contribution in [3.63, 3.8) is 0 Å². The molecule has 0 aliphatic heterocycles. The summed E-state index contributed by atoms with van der Waals surface area (Å²) in [7, 11) is -3.83. The van der Waals surface area contributed by atoms with E-state index in [9.17, 15) is 18.0 Å². The Balaban J connectivity index is 2.06. The van der Waals surface area contributed by atoms with Gasteiger partial charge in [-0.2, -0.15) is 0 Å². The fourth-order valence-electron chi connectivity index (χ4n) is 4.19. The third-order valence-corrected chi connectivity index (χ3v) is 8.06. The van der Waals surface area contributed by atoms with E-state index >= 15 is 0 Å². The van der Waals surface area contributed by atoms with Gasteiger partial charge in [-0.05, 0) is 61.2 Å². The van der Waals surface area contributed by atoms with Gasteiger partial charge < -0.3 is 10.2 Å². The molecule has 0 aliphatic carbocycles. The number of benzene rings is 3. The molecule has 3 rings (SSSR count). The van der Waals surface area contributed by atoms with Gasteiger partial charge >= 0.3 is 0 Å². The van der Waals surface area contributed by atoms with E-state index < -0.39 is 28.5 Å². The molecule has 0 heterocycles. The van der Waals surface area contributed by atoms with E-state index in [1.165, 1.54) is 4.90 Å². The molecular formula is C30H36ClN3O4S. The number of sulfonamides is 1. The second-order valence-electron chi connectivity index (χ2n) is 9.72. The topological polar surface area (TPSA) is 86.8 Å². The Morgan fingerprint density at radius 2 is 1.56 bits per heavy atom. The Hall–Kier alpha value is -3.36. The van der Waals surface area contributed by atoms with Crippen LogP contribution in [0.4, 0.5) is 5.69 Å². The van der Waals surface area contributed by atoms with E-state index in [-0.39, 0.29) is 24.9 Å². The smallest absolute Gasteiger partial charge is 0.244 e. The maximum atomic E-state index is 14.1. The maximum absolute atomic E-state index is 14.1. The summed E-state index contributed by atoms with van der Waals surface area (Å²) in [5.74, 6) is -0.772. The van der Waals surface area contributed by atoms with Crippen LogP contribution in [0.3, 0.4) is 0 Å². The van der Waals surface area contributed by atoms with Crippen LogP contribution in [0.15, 0.2) is 78.9 Å². The number of rotatable bonds is 12. The van der Waals surface area contributed by atoms with E-state index in [1.54, 1.807) is 24.3 Å². The van der Waals surface area contributed by atoms with Gasteiger partial charge in [0.2, 0.25) is 21.8 Å². The normalized spacial score (nSPS) is 12.8. The van der Waals surface area contributed by atoms with E-state index in [2.05, 4.69) is 5.32 Å². The van der Waals surface area contributed by atoms with Gasteiger partial charge in [-0.25, -0.2) is 8.42 Å². The molecule has 2 atom stereocenters. The molecule has 0 saturated heterocycles. The first-order valence-electron chi connectivity index (χ1n) is 12.9. The fraction of sp³-hybridized carbons (Fsp3) is 0.333. The Kier molecular flexibility index (Phi) is 10.5. The molecule has 3 aromatic carbocycles. The number of hydrogen-bond donors (Lipinski definition) is 1. The van der Waals surface area contributed by atoms with E-state index in [1.807, 2.05) is 75.4 Å². The monoisotopic (exact) mass is 569 g/mol. The molecule has 7 nitrogen and oxygen atoms in total. The van der Waals surface area contributed by atoms with Crippen LogP contribution in [-0.2, 0) is 32.6 Å². The molecule has 0 radical (unpaired) electrons. The lowest BCUT2D eigenvalue weighted by atomic mass is 10.0. The van der Waals surface area contributed by atoms with Crippen LogP contribution in [0.25, 0.3) is 0 Å². The lowest BCUT2D eigenvalue weighted by Gasteiger charge is -2.34. The standard InChI is InChI=1S/C30H36ClN3O4S/c1-5-23(3)32-30(36)28(19-24-12-7-6-8-13-24)33(20-25-14-10-9-11-22(25)2)29(35)21-34(39(4,37)38)27-17-15-26(31)16-18-27/h6-18,23,28H,5,19-21H2,1-4H3,(H,32,36)/t23-,28+/m0/s1. The summed E-state index contributed by atoms with van der Waals surface area (Å²) in [5, 5.41) is 3.48.